The molecular weight excluding hydrogens is 234 g/mol. The molecule has 0 saturated heterocycles. The monoisotopic (exact) mass is 257 g/mol. The summed E-state index contributed by atoms with van der Waals surface area (Å²) in [6, 6.07) is 0.258. The van der Waals surface area contributed by atoms with Crippen LogP contribution in [0.25, 0.3) is 0 Å². The van der Waals surface area contributed by atoms with E-state index >= 15 is 0 Å². The van der Waals surface area contributed by atoms with Gasteiger partial charge in [-0.3, -0.25) is 16.0 Å². The lowest BCUT2D eigenvalue weighted by molar-refractivity contribution is 0.527. The van der Waals surface area contributed by atoms with E-state index in [9.17, 15) is 0 Å². The average Bonchev–Trinajstić information content (AvgIpc) is 2.74. The third kappa shape index (κ3) is 5.06. The summed E-state index contributed by atoms with van der Waals surface area (Å²) in [7, 11) is 0. The lowest BCUT2D eigenvalue weighted by atomic mass is 10.2. The van der Waals surface area contributed by atoms with Crippen LogP contribution in [0, 0.1) is 5.92 Å². The summed E-state index contributed by atoms with van der Waals surface area (Å²) in [5, 5.41) is 4.16. The molecule has 3 N–H and O–H groups in total. The van der Waals surface area contributed by atoms with Crippen molar-refractivity contribution >= 4 is 11.8 Å². The minimum absolute atomic E-state index is 0.258. The van der Waals surface area contributed by atoms with Gasteiger partial charge in [-0.15, -0.1) is 0 Å². The summed E-state index contributed by atoms with van der Waals surface area (Å²) in [5.41, 5.74) is 2.86. The highest BCUT2D eigenvalue weighted by Gasteiger charge is 2.12. The van der Waals surface area contributed by atoms with E-state index in [1.807, 2.05) is 16.4 Å². The van der Waals surface area contributed by atoms with Gasteiger partial charge in [0.25, 0.3) is 0 Å². The summed E-state index contributed by atoms with van der Waals surface area (Å²) in [6.45, 7) is 7.37. The van der Waals surface area contributed by atoms with Gasteiger partial charge in [-0.05, 0) is 18.6 Å². The molecule has 17 heavy (non-hydrogen) atoms. The van der Waals surface area contributed by atoms with Crippen LogP contribution in [0.5, 0.6) is 0 Å². The van der Waals surface area contributed by atoms with Crippen LogP contribution in [0.4, 0.5) is 0 Å². The van der Waals surface area contributed by atoms with Crippen molar-refractivity contribution in [3.63, 3.8) is 0 Å². The lowest BCUT2D eigenvalue weighted by Gasteiger charge is -2.15. The van der Waals surface area contributed by atoms with Crippen molar-refractivity contribution in [1.29, 1.82) is 0 Å². The van der Waals surface area contributed by atoms with Crippen molar-refractivity contribution in [2.24, 2.45) is 11.8 Å². The minimum atomic E-state index is 0.258. The second kappa shape index (κ2) is 7.68. The molecular formula is C11H23N5S. The molecule has 0 bridgehead atoms. The zero-order valence-electron chi connectivity index (χ0n) is 10.9. The SMILES string of the molecule is CCn1ncnc1CC(CSCC(C)C)NN. The molecule has 5 nitrogen and oxygen atoms in total. The van der Waals surface area contributed by atoms with E-state index in [0.717, 1.165) is 30.5 Å². The zero-order chi connectivity index (χ0) is 12.7. The number of nitrogens with one attached hydrogen (secondary N) is 1. The maximum absolute atomic E-state index is 5.58. The van der Waals surface area contributed by atoms with Crippen LogP contribution in [-0.2, 0) is 13.0 Å². The molecule has 1 heterocycles. The maximum Gasteiger partial charge on any atom is 0.138 e. The number of aryl methyl sites for hydroxylation is 1. The van der Waals surface area contributed by atoms with Crippen LogP contribution in [0.15, 0.2) is 6.33 Å². The smallest absolute Gasteiger partial charge is 0.138 e. The number of hydrogen-bond donors (Lipinski definition) is 2. The number of hydrogen-bond acceptors (Lipinski definition) is 5. The number of rotatable bonds is 8. The highest BCUT2D eigenvalue weighted by Crippen LogP contribution is 2.11. The first-order valence-electron chi connectivity index (χ1n) is 6.07. The molecule has 0 aromatic carbocycles. The third-order valence-corrected chi connectivity index (χ3v) is 3.97. The Morgan fingerprint density at radius 3 is 2.82 bits per heavy atom. The summed E-state index contributed by atoms with van der Waals surface area (Å²) < 4.78 is 1.91. The molecule has 0 saturated carbocycles. The normalized spacial score (nSPS) is 13.2. The third-order valence-electron chi connectivity index (χ3n) is 2.43. The number of nitrogens with two attached hydrogens (primary N) is 1. The van der Waals surface area contributed by atoms with E-state index in [1.165, 1.54) is 5.75 Å². The van der Waals surface area contributed by atoms with E-state index in [4.69, 9.17) is 5.84 Å². The number of thioether (sulfide) groups is 1. The van der Waals surface area contributed by atoms with Crippen LogP contribution in [0.3, 0.4) is 0 Å². The molecule has 1 atom stereocenters. The van der Waals surface area contributed by atoms with E-state index in [2.05, 4.69) is 36.3 Å². The van der Waals surface area contributed by atoms with Gasteiger partial charge in [0.1, 0.15) is 12.2 Å². The summed E-state index contributed by atoms with van der Waals surface area (Å²) >= 11 is 1.93. The molecule has 1 rings (SSSR count). The second-order valence-corrected chi connectivity index (χ2v) is 5.57. The first-order valence-corrected chi connectivity index (χ1v) is 7.23. The molecule has 98 valence electrons. The summed E-state index contributed by atoms with van der Waals surface area (Å²) in [5.74, 6) is 9.47. The van der Waals surface area contributed by atoms with Gasteiger partial charge in [0, 0.05) is 24.8 Å². The van der Waals surface area contributed by atoms with Crippen molar-refractivity contribution in [3.05, 3.63) is 12.2 Å². The highest BCUT2D eigenvalue weighted by atomic mass is 32.2. The van der Waals surface area contributed by atoms with Crippen molar-refractivity contribution in [2.75, 3.05) is 11.5 Å². The fourth-order valence-electron chi connectivity index (χ4n) is 1.54. The van der Waals surface area contributed by atoms with Crippen molar-refractivity contribution in [3.8, 4) is 0 Å². The molecule has 0 fully saturated rings. The minimum Gasteiger partial charge on any atom is -0.271 e. The number of hydrazine groups is 1. The number of aromatic nitrogens is 3. The molecule has 1 aromatic rings. The predicted molar refractivity (Wildman–Crippen MR) is 72.7 cm³/mol. The van der Waals surface area contributed by atoms with Gasteiger partial charge in [0.2, 0.25) is 0 Å². The Bertz CT molecular complexity index is 313. The van der Waals surface area contributed by atoms with Crippen LogP contribution >= 0.6 is 11.8 Å². The largest absolute Gasteiger partial charge is 0.271 e. The van der Waals surface area contributed by atoms with Crippen LogP contribution in [0.2, 0.25) is 0 Å². The Morgan fingerprint density at radius 1 is 1.47 bits per heavy atom. The van der Waals surface area contributed by atoms with Crippen LogP contribution in [0.1, 0.15) is 26.6 Å². The fraction of sp³-hybridized carbons (Fsp3) is 0.818. The second-order valence-electron chi connectivity index (χ2n) is 4.49. The zero-order valence-corrected chi connectivity index (χ0v) is 11.7. The van der Waals surface area contributed by atoms with E-state index in [-0.39, 0.29) is 6.04 Å². The Labute approximate surface area is 108 Å². The molecule has 0 aliphatic rings. The Hall–Kier alpha value is -0.590. The average molecular weight is 257 g/mol. The van der Waals surface area contributed by atoms with E-state index in [0.29, 0.717) is 0 Å². The van der Waals surface area contributed by atoms with E-state index < -0.39 is 0 Å². The molecule has 1 unspecified atom stereocenters. The molecule has 1 aromatic heterocycles. The van der Waals surface area contributed by atoms with Gasteiger partial charge < -0.3 is 0 Å². The predicted octanol–water partition coefficient (Wildman–Crippen LogP) is 1.06. The molecule has 0 aliphatic heterocycles. The van der Waals surface area contributed by atoms with Crippen molar-refractivity contribution < 1.29 is 0 Å². The quantitative estimate of drug-likeness (QED) is 0.538. The van der Waals surface area contributed by atoms with E-state index in [1.54, 1.807) is 6.33 Å². The first-order chi connectivity index (χ1) is 8.17. The molecule has 0 amide bonds. The lowest BCUT2D eigenvalue weighted by Crippen LogP contribution is -2.39. The van der Waals surface area contributed by atoms with Crippen LogP contribution < -0.4 is 11.3 Å². The molecule has 6 heteroatoms. The van der Waals surface area contributed by atoms with Gasteiger partial charge in [0.05, 0.1) is 0 Å². The van der Waals surface area contributed by atoms with Gasteiger partial charge >= 0.3 is 0 Å². The standard InChI is InChI=1S/C11H23N5S/c1-4-16-11(13-8-14-16)5-10(15-12)7-17-6-9(2)3/h8-10,15H,4-7,12H2,1-3H3. The van der Waals surface area contributed by atoms with Gasteiger partial charge in [-0.2, -0.15) is 16.9 Å². The molecule has 0 radical (unpaired) electrons. The van der Waals surface area contributed by atoms with Crippen molar-refractivity contribution in [1.82, 2.24) is 20.2 Å². The summed E-state index contributed by atoms with van der Waals surface area (Å²) in [6.07, 6.45) is 2.43. The number of nitrogens with zero attached hydrogens (tertiary/aromatic N) is 3. The molecule has 0 aliphatic carbocycles. The topological polar surface area (TPSA) is 68.8 Å². The van der Waals surface area contributed by atoms with Gasteiger partial charge in [-0.1, -0.05) is 13.8 Å². The summed E-state index contributed by atoms with van der Waals surface area (Å²) in [4.78, 5) is 4.27. The fourth-order valence-corrected chi connectivity index (χ4v) is 2.65. The first kappa shape index (κ1) is 14.5. The van der Waals surface area contributed by atoms with Gasteiger partial charge in [-0.25, -0.2) is 4.98 Å². The highest BCUT2D eigenvalue weighted by molar-refractivity contribution is 7.99. The Morgan fingerprint density at radius 2 is 2.24 bits per heavy atom. The van der Waals surface area contributed by atoms with Crippen molar-refractivity contribution in [2.45, 2.75) is 39.8 Å². The van der Waals surface area contributed by atoms with Gasteiger partial charge in [0.15, 0.2) is 0 Å². The Balaban J connectivity index is 2.41. The Kier molecular flexibility index (Phi) is 6.54. The maximum atomic E-state index is 5.58. The molecule has 0 spiro atoms. The van der Waals surface area contributed by atoms with Crippen LogP contribution in [-0.4, -0.2) is 32.3 Å².